The molecule has 0 aliphatic heterocycles. The summed E-state index contributed by atoms with van der Waals surface area (Å²) >= 11 is 1.30. The van der Waals surface area contributed by atoms with Crippen molar-refractivity contribution in [3.05, 3.63) is 34.6 Å². The molecule has 110 valence electrons. The second-order valence-corrected chi connectivity index (χ2v) is 5.48. The first kappa shape index (κ1) is 14.0. The van der Waals surface area contributed by atoms with Crippen molar-refractivity contribution in [1.82, 2.24) is 19.6 Å². The molecule has 3 rings (SSSR count). The van der Waals surface area contributed by atoms with E-state index in [9.17, 15) is 13.2 Å². The lowest BCUT2D eigenvalue weighted by molar-refractivity contribution is -0.137. The first-order valence-corrected chi connectivity index (χ1v) is 6.80. The number of nitrogens with two attached hydrogens (primary N) is 1. The van der Waals surface area contributed by atoms with Crippen molar-refractivity contribution in [2.75, 3.05) is 0 Å². The van der Waals surface area contributed by atoms with Gasteiger partial charge < -0.3 is 5.73 Å². The molecule has 0 bridgehead atoms. The molecule has 3 heterocycles. The van der Waals surface area contributed by atoms with Crippen LogP contribution in [0.3, 0.4) is 0 Å². The summed E-state index contributed by atoms with van der Waals surface area (Å²) in [4.78, 5) is 4.92. The molecule has 3 aromatic rings. The van der Waals surface area contributed by atoms with Crippen molar-refractivity contribution in [2.45, 2.75) is 19.6 Å². The number of halogens is 3. The maximum Gasteiger partial charge on any atom is 0.417 e. The Morgan fingerprint density at radius 1 is 1.29 bits per heavy atom. The zero-order chi connectivity index (χ0) is 15.2. The van der Waals surface area contributed by atoms with Crippen molar-refractivity contribution in [3.8, 4) is 10.7 Å². The van der Waals surface area contributed by atoms with Gasteiger partial charge in [-0.15, -0.1) is 21.5 Å². The number of alkyl halides is 3. The van der Waals surface area contributed by atoms with E-state index in [1.807, 2.05) is 0 Å². The van der Waals surface area contributed by atoms with Crippen LogP contribution in [-0.4, -0.2) is 19.6 Å². The number of hydrogen-bond acceptors (Lipinski definition) is 5. The SMILES string of the molecule is Cc1nc(CN)sc1-c1nnc2ccc(C(F)(F)F)cn12. The fourth-order valence-electron chi connectivity index (χ4n) is 1.96. The van der Waals surface area contributed by atoms with Gasteiger partial charge in [0.2, 0.25) is 0 Å². The molecule has 0 aromatic carbocycles. The van der Waals surface area contributed by atoms with Gasteiger partial charge in [0.05, 0.1) is 16.1 Å². The van der Waals surface area contributed by atoms with Crippen LogP contribution in [-0.2, 0) is 12.7 Å². The van der Waals surface area contributed by atoms with Crippen LogP contribution in [0.5, 0.6) is 0 Å². The lowest BCUT2D eigenvalue weighted by Crippen LogP contribution is -2.06. The zero-order valence-corrected chi connectivity index (χ0v) is 11.7. The van der Waals surface area contributed by atoms with Gasteiger partial charge in [-0.25, -0.2) is 4.98 Å². The Kier molecular flexibility index (Phi) is 3.18. The molecular weight excluding hydrogens is 303 g/mol. The van der Waals surface area contributed by atoms with Crippen LogP contribution in [0.2, 0.25) is 0 Å². The van der Waals surface area contributed by atoms with Crippen LogP contribution in [0, 0.1) is 6.92 Å². The summed E-state index contributed by atoms with van der Waals surface area (Å²) < 4.78 is 39.8. The zero-order valence-electron chi connectivity index (χ0n) is 10.8. The molecule has 0 radical (unpaired) electrons. The lowest BCUT2D eigenvalue weighted by atomic mass is 10.2. The highest BCUT2D eigenvalue weighted by Crippen LogP contribution is 2.32. The van der Waals surface area contributed by atoms with E-state index in [-0.39, 0.29) is 6.54 Å². The first-order chi connectivity index (χ1) is 9.90. The normalized spacial score (nSPS) is 12.2. The first-order valence-electron chi connectivity index (χ1n) is 5.99. The summed E-state index contributed by atoms with van der Waals surface area (Å²) in [7, 11) is 0. The smallest absolute Gasteiger partial charge is 0.325 e. The van der Waals surface area contributed by atoms with Gasteiger partial charge in [0.15, 0.2) is 11.5 Å². The summed E-state index contributed by atoms with van der Waals surface area (Å²) in [5.41, 5.74) is 5.80. The molecule has 0 fully saturated rings. The molecule has 0 aliphatic rings. The molecule has 0 aliphatic carbocycles. The molecular formula is C12H10F3N5S. The summed E-state index contributed by atoms with van der Waals surface area (Å²) in [5, 5.41) is 8.56. The third-order valence-corrected chi connectivity index (χ3v) is 4.12. The standard InChI is InChI=1S/C12H10F3N5S/c1-6-10(21-9(4-16)17-6)11-19-18-8-3-2-7(5-20(8)11)12(13,14)15/h2-3,5H,4,16H2,1H3. The third kappa shape index (κ3) is 2.38. The van der Waals surface area contributed by atoms with Crippen molar-refractivity contribution in [2.24, 2.45) is 5.73 Å². The summed E-state index contributed by atoms with van der Waals surface area (Å²) in [6, 6.07) is 2.28. The minimum atomic E-state index is -4.42. The topological polar surface area (TPSA) is 69.1 Å². The molecule has 21 heavy (non-hydrogen) atoms. The van der Waals surface area contributed by atoms with Crippen LogP contribution in [0.1, 0.15) is 16.3 Å². The van der Waals surface area contributed by atoms with Gasteiger partial charge in [-0.2, -0.15) is 13.2 Å². The molecule has 0 atom stereocenters. The minimum absolute atomic E-state index is 0.274. The molecule has 5 nitrogen and oxygen atoms in total. The number of aromatic nitrogens is 4. The largest absolute Gasteiger partial charge is 0.417 e. The molecule has 0 spiro atoms. The third-order valence-electron chi connectivity index (χ3n) is 2.95. The maximum atomic E-state index is 12.8. The molecule has 0 saturated carbocycles. The number of fused-ring (bicyclic) bond motifs is 1. The molecule has 0 saturated heterocycles. The van der Waals surface area contributed by atoms with Gasteiger partial charge in [0.1, 0.15) is 5.01 Å². The molecule has 3 aromatic heterocycles. The summed E-state index contributed by atoms with van der Waals surface area (Å²) in [5.74, 6) is 0.339. The van der Waals surface area contributed by atoms with Gasteiger partial charge in [-0.3, -0.25) is 4.40 Å². The highest BCUT2D eigenvalue weighted by atomic mass is 32.1. The fourth-order valence-corrected chi connectivity index (χ4v) is 2.89. The van der Waals surface area contributed by atoms with E-state index in [1.54, 1.807) is 6.92 Å². The van der Waals surface area contributed by atoms with E-state index in [4.69, 9.17) is 5.73 Å². The van der Waals surface area contributed by atoms with Crippen molar-refractivity contribution in [1.29, 1.82) is 0 Å². The minimum Gasteiger partial charge on any atom is -0.325 e. The van der Waals surface area contributed by atoms with E-state index >= 15 is 0 Å². The van der Waals surface area contributed by atoms with E-state index in [2.05, 4.69) is 15.2 Å². The van der Waals surface area contributed by atoms with Gasteiger partial charge in [-0.05, 0) is 19.1 Å². The number of hydrogen-bond donors (Lipinski definition) is 1. The quantitative estimate of drug-likeness (QED) is 0.789. The maximum absolute atomic E-state index is 12.8. The highest BCUT2D eigenvalue weighted by molar-refractivity contribution is 7.15. The average Bonchev–Trinajstić information content (AvgIpc) is 3.00. The second-order valence-electron chi connectivity index (χ2n) is 4.39. The van der Waals surface area contributed by atoms with Crippen LogP contribution in [0.15, 0.2) is 18.3 Å². The summed E-state index contributed by atoms with van der Waals surface area (Å²) in [6.45, 7) is 2.04. The Bertz CT molecular complexity index is 805. The number of nitrogens with zero attached hydrogens (tertiary/aromatic N) is 4. The van der Waals surface area contributed by atoms with Crippen molar-refractivity contribution >= 4 is 17.0 Å². The number of thiazole rings is 1. The van der Waals surface area contributed by atoms with Crippen molar-refractivity contribution in [3.63, 3.8) is 0 Å². The van der Waals surface area contributed by atoms with Gasteiger partial charge in [0.25, 0.3) is 0 Å². The Balaban J connectivity index is 2.20. The average molecular weight is 313 g/mol. The number of aryl methyl sites for hydroxylation is 1. The van der Waals surface area contributed by atoms with Crippen LogP contribution < -0.4 is 5.73 Å². The van der Waals surface area contributed by atoms with Gasteiger partial charge >= 0.3 is 6.18 Å². The predicted molar refractivity (Wildman–Crippen MR) is 71.7 cm³/mol. The van der Waals surface area contributed by atoms with Gasteiger partial charge in [-0.1, -0.05) is 0 Å². The van der Waals surface area contributed by atoms with Crippen LogP contribution in [0.25, 0.3) is 16.3 Å². The number of pyridine rings is 1. The Morgan fingerprint density at radius 3 is 2.67 bits per heavy atom. The van der Waals surface area contributed by atoms with E-state index in [0.717, 1.165) is 12.3 Å². The monoisotopic (exact) mass is 313 g/mol. The van der Waals surface area contributed by atoms with E-state index in [0.29, 0.717) is 27.1 Å². The van der Waals surface area contributed by atoms with E-state index < -0.39 is 11.7 Å². The Morgan fingerprint density at radius 2 is 2.05 bits per heavy atom. The molecule has 9 heteroatoms. The number of rotatable bonds is 2. The fraction of sp³-hybridized carbons (Fsp3) is 0.250. The van der Waals surface area contributed by atoms with Gasteiger partial charge in [0, 0.05) is 12.7 Å². The Hall–Kier alpha value is -2.00. The second kappa shape index (κ2) is 4.78. The van der Waals surface area contributed by atoms with Crippen LogP contribution >= 0.6 is 11.3 Å². The van der Waals surface area contributed by atoms with Crippen LogP contribution in [0.4, 0.5) is 13.2 Å². The Labute approximate surface area is 121 Å². The molecule has 2 N–H and O–H groups in total. The van der Waals surface area contributed by atoms with Crippen molar-refractivity contribution < 1.29 is 13.2 Å². The summed E-state index contributed by atoms with van der Waals surface area (Å²) in [6.07, 6.45) is -3.42. The molecule has 0 unspecified atom stereocenters. The molecule has 0 amide bonds. The van der Waals surface area contributed by atoms with E-state index in [1.165, 1.54) is 21.8 Å². The predicted octanol–water partition coefficient (Wildman–Crippen LogP) is 2.64. The lowest BCUT2D eigenvalue weighted by Gasteiger charge is -2.07. The highest BCUT2D eigenvalue weighted by Gasteiger charge is 2.31.